The summed E-state index contributed by atoms with van der Waals surface area (Å²) >= 11 is 8.11. The molecule has 1 aliphatic heterocycles. The Morgan fingerprint density at radius 3 is 2.31 bits per heavy atom. The summed E-state index contributed by atoms with van der Waals surface area (Å²) in [5, 5.41) is -0.328. The predicted molar refractivity (Wildman–Crippen MR) is 148 cm³/mol. The van der Waals surface area contributed by atoms with Crippen molar-refractivity contribution in [2.24, 2.45) is 0 Å². The van der Waals surface area contributed by atoms with Crippen LogP contribution in [0, 0.1) is 0 Å². The minimum atomic E-state index is -0.355. The van der Waals surface area contributed by atoms with Gasteiger partial charge in [-0.05, 0) is 85.9 Å². The van der Waals surface area contributed by atoms with E-state index < -0.39 is 0 Å². The Hall–Kier alpha value is -2.75. The molecule has 3 aromatic carbocycles. The summed E-state index contributed by atoms with van der Waals surface area (Å²) in [5.74, 6) is 1.42. The third-order valence-electron chi connectivity index (χ3n) is 5.17. The van der Waals surface area contributed by atoms with E-state index >= 15 is 0 Å². The summed E-state index contributed by atoms with van der Waals surface area (Å²) in [6, 6.07) is 20.9. The number of imide groups is 1. The minimum absolute atomic E-state index is 0.165. The Labute approximate surface area is 230 Å². The van der Waals surface area contributed by atoms with E-state index in [1.54, 1.807) is 12.1 Å². The van der Waals surface area contributed by atoms with Gasteiger partial charge in [-0.1, -0.05) is 48.5 Å². The SMILES string of the molecule is CCOc1cc(/C=C2\SC(=O)N(CCOc3ccccc3)C2=O)c(Br)c(Br)c1OCc1ccccc1. The summed E-state index contributed by atoms with van der Waals surface area (Å²) < 4.78 is 18.9. The minimum Gasteiger partial charge on any atom is -0.492 e. The Balaban J connectivity index is 1.51. The van der Waals surface area contributed by atoms with Gasteiger partial charge >= 0.3 is 0 Å². The van der Waals surface area contributed by atoms with Gasteiger partial charge in [-0.15, -0.1) is 0 Å². The molecule has 1 saturated heterocycles. The number of para-hydroxylation sites is 1. The van der Waals surface area contributed by atoms with Gasteiger partial charge in [0, 0.05) is 4.47 Å². The molecule has 3 aromatic rings. The molecule has 2 amide bonds. The molecule has 186 valence electrons. The topological polar surface area (TPSA) is 65.1 Å². The fourth-order valence-electron chi connectivity index (χ4n) is 3.44. The summed E-state index contributed by atoms with van der Waals surface area (Å²) in [6.45, 7) is 3.08. The lowest BCUT2D eigenvalue weighted by Gasteiger charge is -2.17. The number of rotatable bonds is 10. The van der Waals surface area contributed by atoms with Crippen molar-refractivity contribution in [3.8, 4) is 17.2 Å². The lowest BCUT2D eigenvalue weighted by atomic mass is 10.1. The lowest BCUT2D eigenvalue weighted by molar-refractivity contribution is -0.123. The first-order valence-electron chi connectivity index (χ1n) is 11.2. The van der Waals surface area contributed by atoms with Crippen molar-refractivity contribution in [1.82, 2.24) is 4.90 Å². The van der Waals surface area contributed by atoms with Gasteiger partial charge in [0.15, 0.2) is 11.5 Å². The second kappa shape index (κ2) is 12.5. The van der Waals surface area contributed by atoms with E-state index in [4.69, 9.17) is 14.2 Å². The van der Waals surface area contributed by atoms with Crippen LogP contribution in [0.4, 0.5) is 4.79 Å². The molecule has 0 atom stereocenters. The molecule has 0 radical (unpaired) electrons. The van der Waals surface area contributed by atoms with Gasteiger partial charge in [-0.25, -0.2) is 0 Å². The molecule has 0 aromatic heterocycles. The quantitative estimate of drug-likeness (QED) is 0.219. The van der Waals surface area contributed by atoms with Crippen LogP contribution in [-0.2, 0) is 11.4 Å². The maximum absolute atomic E-state index is 13.0. The van der Waals surface area contributed by atoms with Gasteiger partial charge in [0.25, 0.3) is 11.1 Å². The van der Waals surface area contributed by atoms with E-state index in [1.165, 1.54) is 4.90 Å². The van der Waals surface area contributed by atoms with Crippen molar-refractivity contribution >= 4 is 60.8 Å². The molecule has 9 heteroatoms. The Morgan fingerprint density at radius 2 is 1.61 bits per heavy atom. The van der Waals surface area contributed by atoms with Crippen LogP contribution in [0.1, 0.15) is 18.1 Å². The monoisotopic (exact) mass is 631 g/mol. The predicted octanol–water partition coefficient (Wildman–Crippen LogP) is 7.30. The van der Waals surface area contributed by atoms with Crippen LogP contribution in [0.15, 0.2) is 80.6 Å². The van der Waals surface area contributed by atoms with Crippen molar-refractivity contribution in [3.63, 3.8) is 0 Å². The van der Waals surface area contributed by atoms with Gasteiger partial charge in [0.2, 0.25) is 0 Å². The Morgan fingerprint density at radius 1 is 0.917 bits per heavy atom. The van der Waals surface area contributed by atoms with Crippen LogP contribution < -0.4 is 14.2 Å². The standard InChI is InChI=1S/C27H23Br2NO5S/c1-2-33-21-15-19(23(28)24(29)25(21)35-17-18-9-5-3-6-10-18)16-22-26(31)30(27(32)36-22)13-14-34-20-11-7-4-8-12-20/h3-12,15-16H,2,13-14,17H2,1H3/b22-16-. The first kappa shape index (κ1) is 26.3. The zero-order valence-corrected chi connectivity index (χ0v) is 23.4. The highest BCUT2D eigenvalue weighted by Gasteiger charge is 2.35. The van der Waals surface area contributed by atoms with Crippen molar-refractivity contribution < 1.29 is 23.8 Å². The number of benzene rings is 3. The summed E-state index contributed by atoms with van der Waals surface area (Å²) in [7, 11) is 0. The fourth-order valence-corrected chi connectivity index (χ4v) is 5.25. The highest BCUT2D eigenvalue weighted by molar-refractivity contribution is 9.13. The first-order valence-corrected chi connectivity index (χ1v) is 13.6. The number of thioether (sulfide) groups is 1. The molecule has 0 spiro atoms. The van der Waals surface area contributed by atoms with Crippen molar-refractivity contribution in [2.75, 3.05) is 19.8 Å². The smallest absolute Gasteiger partial charge is 0.293 e. The second-order valence-electron chi connectivity index (χ2n) is 7.62. The molecule has 0 unspecified atom stereocenters. The molecule has 1 heterocycles. The van der Waals surface area contributed by atoms with E-state index in [0.717, 1.165) is 17.3 Å². The summed E-state index contributed by atoms with van der Waals surface area (Å²) in [6.07, 6.45) is 1.68. The lowest BCUT2D eigenvalue weighted by Crippen LogP contribution is -2.32. The number of halogens is 2. The van der Waals surface area contributed by atoms with E-state index in [-0.39, 0.29) is 24.3 Å². The largest absolute Gasteiger partial charge is 0.492 e. The van der Waals surface area contributed by atoms with Crippen LogP contribution in [0.3, 0.4) is 0 Å². The fraction of sp³-hybridized carbons (Fsp3) is 0.185. The van der Waals surface area contributed by atoms with E-state index in [9.17, 15) is 9.59 Å². The molecular formula is C27H23Br2NO5S. The third kappa shape index (κ3) is 6.32. The molecule has 1 aliphatic rings. The van der Waals surface area contributed by atoms with Crippen molar-refractivity contribution in [1.29, 1.82) is 0 Å². The van der Waals surface area contributed by atoms with Crippen LogP contribution in [-0.4, -0.2) is 35.8 Å². The van der Waals surface area contributed by atoms with E-state index in [1.807, 2.05) is 67.6 Å². The number of carbonyl (C=O) groups excluding carboxylic acids is 2. The Kier molecular flexibility index (Phi) is 9.12. The zero-order valence-electron chi connectivity index (χ0n) is 19.4. The summed E-state index contributed by atoms with van der Waals surface area (Å²) in [4.78, 5) is 27.0. The maximum Gasteiger partial charge on any atom is 0.293 e. The van der Waals surface area contributed by atoms with Gasteiger partial charge in [0.05, 0.1) is 22.5 Å². The number of hydrogen-bond acceptors (Lipinski definition) is 6. The molecule has 0 aliphatic carbocycles. The molecule has 0 bridgehead atoms. The number of hydrogen-bond donors (Lipinski definition) is 0. The molecule has 4 rings (SSSR count). The highest BCUT2D eigenvalue weighted by Crippen LogP contribution is 2.45. The van der Waals surface area contributed by atoms with Crippen LogP contribution >= 0.6 is 43.6 Å². The van der Waals surface area contributed by atoms with Gasteiger partial charge in [0.1, 0.15) is 19.0 Å². The van der Waals surface area contributed by atoms with Gasteiger partial charge < -0.3 is 14.2 Å². The van der Waals surface area contributed by atoms with Gasteiger partial charge in [-0.3, -0.25) is 14.5 Å². The van der Waals surface area contributed by atoms with Crippen molar-refractivity contribution in [3.05, 3.63) is 91.7 Å². The van der Waals surface area contributed by atoms with E-state index in [2.05, 4.69) is 31.9 Å². The van der Waals surface area contributed by atoms with Crippen LogP contribution in [0.5, 0.6) is 17.2 Å². The molecule has 0 N–H and O–H groups in total. The third-order valence-corrected chi connectivity index (χ3v) is 8.22. The Bertz CT molecular complexity index is 1270. The number of ether oxygens (including phenoxy) is 3. The highest BCUT2D eigenvalue weighted by atomic mass is 79.9. The molecule has 6 nitrogen and oxygen atoms in total. The molecule has 1 fully saturated rings. The van der Waals surface area contributed by atoms with E-state index in [0.29, 0.717) is 49.9 Å². The number of carbonyl (C=O) groups is 2. The summed E-state index contributed by atoms with van der Waals surface area (Å²) in [5.41, 5.74) is 1.71. The second-order valence-corrected chi connectivity index (χ2v) is 10.2. The molecular weight excluding hydrogens is 610 g/mol. The van der Waals surface area contributed by atoms with Crippen LogP contribution in [0.2, 0.25) is 0 Å². The number of nitrogens with zero attached hydrogens (tertiary/aromatic N) is 1. The average Bonchev–Trinajstić information content (AvgIpc) is 3.15. The molecule has 36 heavy (non-hydrogen) atoms. The first-order chi connectivity index (χ1) is 17.5. The zero-order chi connectivity index (χ0) is 25.5. The van der Waals surface area contributed by atoms with Gasteiger partial charge in [-0.2, -0.15) is 0 Å². The van der Waals surface area contributed by atoms with Crippen LogP contribution in [0.25, 0.3) is 6.08 Å². The van der Waals surface area contributed by atoms with Crippen molar-refractivity contribution in [2.45, 2.75) is 13.5 Å². The normalized spacial score (nSPS) is 14.4. The molecule has 0 saturated carbocycles. The maximum atomic E-state index is 13.0. The average molecular weight is 633 g/mol. The number of amides is 2.